The van der Waals surface area contributed by atoms with Crippen molar-refractivity contribution in [3.05, 3.63) is 77.3 Å². The Morgan fingerprint density at radius 3 is 2.28 bits per heavy atom. The third-order valence-electron chi connectivity index (χ3n) is 8.02. The Kier molecular flexibility index (Phi) is 12.2. The first-order valence-corrected chi connectivity index (χ1v) is 17.2. The number of rotatable bonds is 14. The third-order valence-corrected chi connectivity index (χ3v) is 10.0. The molecule has 1 atom stereocenters. The maximum Gasteiger partial charge on any atom is 0.264 e. The lowest BCUT2D eigenvalue weighted by Gasteiger charge is -2.33. The highest BCUT2D eigenvalue weighted by Crippen LogP contribution is 2.33. The number of amides is 2. The number of halogens is 1. The molecule has 1 aliphatic rings. The van der Waals surface area contributed by atoms with Crippen molar-refractivity contribution in [1.29, 1.82) is 0 Å². The Labute approximate surface area is 276 Å². The van der Waals surface area contributed by atoms with Crippen LogP contribution in [0.25, 0.3) is 0 Å². The van der Waals surface area contributed by atoms with Gasteiger partial charge in [0.05, 0.1) is 31.4 Å². The third kappa shape index (κ3) is 8.64. The van der Waals surface area contributed by atoms with E-state index in [4.69, 9.17) is 25.8 Å². The Morgan fingerprint density at radius 2 is 1.65 bits per heavy atom. The number of nitrogens with one attached hydrogen (secondary N) is 1. The largest absolute Gasteiger partial charge is 0.494 e. The van der Waals surface area contributed by atoms with Crippen LogP contribution in [0.5, 0.6) is 17.2 Å². The van der Waals surface area contributed by atoms with Crippen LogP contribution in [-0.2, 0) is 26.2 Å². The average molecular weight is 672 g/mol. The van der Waals surface area contributed by atoms with E-state index in [1.807, 2.05) is 13.0 Å². The van der Waals surface area contributed by atoms with Gasteiger partial charge in [0, 0.05) is 23.7 Å². The molecule has 0 aliphatic heterocycles. The maximum atomic E-state index is 14.3. The lowest BCUT2D eigenvalue weighted by atomic mass is 9.95. The van der Waals surface area contributed by atoms with E-state index in [9.17, 15) is 18.0 Å². The van der Waals surface area contributed by atoms with Crippen molar-refractivity contribution < 1.29 is 32.2 Å². The molecule has 248 valence electrons. The highest BCUT2D eigenvalue weighted by molar-refractivity contribution is 7.92. The van der Waals surface area contributed by atoms with Crippen LogP contribution in [0.4, 0.5) is 5.69 Å². The quantitative estimate of drug-likeness (QED) is 0.230. The Balaban J connectivity index is 1.72. The molecule has 4 rings (SSSR count). The van der Waals surface area contributed by atoms with Crippen molar-refractivity contribution in [2.24, 2.45) is 0 Å². The van der Waals surface area contributed by atoms with Crippen molar-refractivity contribution >= 4 is 39.1 Å². The molecule has 0 bridgehead atoms. The number of ether oxygens (including phenoxy) is 3. The fraction of sp³-hybridized carbons (Fsp3) is 0.412. The summed E-state index contributed by atoms with van der Waals surface area (Å²) in [4.78, 5) is 29.1. The normalized spacial score (nSPS) is 14.2. The van der Waals surface area contributed by atoms with Crippen LogP contribution in [0.3, 0.4) is 0 Å². The van der Waals surface area contributed by atoms with Crippen molar-refractivity contribution in [2.75, 3.05) is 31.7 Å². The summed E-state index contributed by atoms with van der Waals surface area (Å²) in [6.07, 6.45) is 4.98. The molecule has 0 aromatic heterocycles. The average Bonchev–Trinajstić information content (AvgIpc) is 3.06. The van der Waals surface area contributed by atoms with Gasteiger partial charge in [0.1, 0.15) is 18.3 Å². The summed E-state index contributed by atoms with van der Waals surface area (Å²) < 4.78 is 45.8. The molecule has 10 nitrogen and oxygen atoms in total. The van der Waals surface area contributed by atoms with Crippen LogP contribution in [0.1, 0.15) is 51.5 Å². The molecule has 12 heteroatoms. The Bertz CT molecular complexity index is 1590. The first-order valence-electron chi connectivity index (χ1n) is 15.4. The van der Waals surface area contributed by atoms with Gasteiger partial charge in [-0.05, 0) is 80.8 Å². The molecule has 0 spiro atoms. The number of methoxy groups -OCH3 is 2. The molecule has 3 aromatic carbocycles. The van der Waals surface area contributed by atoms with Gasteiger partial charge in [0.15, 0.2) is 11.5 Å². The van der Waals surface area contributed by atoms with Crippen molar-refractivity contribution in [3.63, 3.8) is 0 Å². The Hall–Kier alpha value is -3.96. The fourth-order valence-electron chi connectivity index (χ4n) is 5.49. The summed E-state index contributed by atoms with van der Waals surface area (Å²) >= 11 is 6.25. The molecule has 1 aliphatic carbocycles. The zero-order valence-electron chi connectivity index (χ0n) is 26.7. The highest BCUT2D eigenvalue weighted by Gasteiger charge is 2.34. The van der Waals surface area contributed by atoms with E-state index >= 15 is 0 Å². The predicted molar refractivity (Wildman–Crippen MR) is 178 cm³/mol. The number of benzene rings is 3. The summed E-state index contributed by atoms with van der Waals surface area (Å²) in [7, 11) is -1.46. The van der Waals surface area contributed by atoms with E-state index in [2.05, 4.69) is 5.32 Å². The van der Waals surface area contributed by atoms with E-state index in [1.54, 1.807) is 49.4 Å². The monoisotopic (exact) mass is 671 g/mol. The molecule has 1 fully saturated rings. The number of hydrogen-bond acceptors (Lipinski definition) is 7. The Morgan fingerprint density at radius 1 is 0.957 bits per heavy atom. The van der Waals surface area contributed by atoms with Crippen molar-refractivity contribution in [2.45, 2.75) is 69.5 Å². The van der Waals surface area contributed by atoms with E-state index in [-0.39, 0.29) is 34.8 Å². The molecular weight excluding hydrogens is 630 g/mol. The van der Waals surface area contributed by atoms with Crippen LogP contribution in [0, 0.1) is 0 Å². The topological polar surface area (TPSA) is 114 Å². The number of hydrogen-bond donors (Lipinski definition) is 1. The van der Waals surface area contributed by atoms with Gasteiger partial charge in [-0.1, -0.05) is 43.0 Å². The second-order valence-electron chi connectivity index (χ2n) is 11.1. The van der Waals surface area contributed by atoms with Gasteiger partial charge in [0.25, 0.3) is 10.0 Å². The molecular formula is C34H42ClN3O7S. The zero-order chi connectivity index (χ0) is 33.3. The summed E-state index contributed by atoms with van der Waals surface area (Å²) in [5.74, 6) is 0.270. The van der Waals surface area contributed by atoms with Gasteiger partial charge in [0.2, 0.25) is 11.8 Å². The molecule has 2 amide bonds. The number of carbonyl (C=O) groups excluding carboxylic acids is 2. The van der Waals surface area contributed by atoms with Crippen molar-refractivity contribution in [3.8, 4) is 17.2 Å². The van der Waals surface area contributed by atoms with E-state index in [1.165, 1.54) is 37.3 Å². The van der Waals surface area contributed by atoms with Crippen LogP contribution >= 0.6 is 11.6 Å². The number of anilines is 1. The van der Waals surface area contributed by atoms with Gasteiger partial charge in [-0.3, -0.25) is 13.9 Å². The maximum absolute atomic E-state index is 14.3. The molecule has 3 aromatic rings. The number of sulfonamides is 1. The second kappa shape index (κ2) is 16.0. The first-order chi connectivity index (χ1) is 22.1. The van der Waals surface area contributed by atoms with Crippen LogP contribution in [-0.4, -0.2) is 64.6 Å². The summed E-state index contributed by atoms with van der Waals surface area (Å²) in [5.41, 5.74) is 0.946. The van der Waals surface area contributed by atoms with Crippen LogP contribution in [0.15, 0.2) is 71.6 Å². The molecule has 46 heavy (non-hydrogen) atoms. The SMILES string of the molecule is CCOc1ccc(N(CC(=O)N(Cc2cccc(Cl)c2)[C@@H](C)C(=O)NC2CCCCC2)S(=O)(=O)c2ccc(OC)c(OC)c2)cc1. The molecule has 0 saturated heterocycles. The first kappa shape index (κ1) is 34.9. The highest BCUT2D eigenvalue weighted by atomic mass is 35.5. The van der Waals surface area contributed by atoms with Crippen LogP contribution < -0.4 is 23.8 Å². The minimum Gasteiger partial charge on any atom is -0.494 e. The van der Waals surface area contributed by atoms with Crippen LogP contribution in [0.2, 0.25) is 5.02 Å². The molecule has 0 radical (unpaired) electrons. The van der Waals surface area contributed by atoms with Gasteiger partial charge in [-0.15, -0.1) is 0 Å². The number of nitrogens with zero attached hydrogens (tertiary/aromatic N) is 2. The van der Waals surface area contributed by atoms with E-state index < -0.39 is 28.5 Å². The number of carbonyl (C=O) groups is 2. The lowest BCUT2D eigenvalue weighted by molar-refractivity contribution is -0.139. The second-order valence-corrected chi connectivity index (χ2v) is 13.4. The van der Waals surface area contributed by atoms with Gasteiger partial charge in [-0.2, -0.15) is 0 Å². The van der Waals surface area contributed by atoms with Gasteiger partial charge in [-0.25, -0.2) is 8.42 Å². The summed E-state index contributed by atoms with van der Waals surface area (Å²) in [6.45, 7) is 3.41. The minimum absolute atomic E-state index is 0.0394. The standard InChI is InChI=1S/C34H42ClN3O7S/c1-5-45-29-16-14-28(15-17-29)38(46(41,42)30-18-19-31(43-3)32(21-30)44-4)23-33(39)37(22-25-10-9-11-26(35)20-25)24(2)34(40)36-27-12-7-6-8-13-27/h9-11,14-21,24,27H,5-8,12-13,22-23H2,1-4H3,(H,36,40)/t24-/m0/s1. The fourth-order valence-corrected chi connectivity index (χ4v) is 7.13. The van der Waals surface area contributed by atoms with Gasteiger partial charge >= 0.3 is 0 Å². The minimum atomic E-state index is -4.33. The smallest absolute Gasteiger partial charge is 0.264 e. The molecule has 1 N–H and O–H groups in total. The van der Waals surface area contributed by atoms with E-state index in [0.29, 0.717) is 28.7 Å². The van der Waals surface area contributed by atoms with E-state index in [0.717, 1.165) is 36.4 Å². The van der Waals surface area contributed by atoms with Crippen molar-refractivity contribution in [1.82, 2.24) is 10.2 Å². The zero-order valence-corrected chi connectivity index (χ0v) is 28.3. The lowest BCUT2D eigenvalue weighted by Crippen LogP contribution is -2.53. The molecule has 0 heterocycles. The molecule has 0 unspecified atom stereocenters. The molecule has 1 saturated carbocycles. The summed E-state index contributed by atoms with van der Waals surface area (Å²) in [6, 6.07) is 16.9. The van der Waals surface area contributed by atoms with Gasteiger partial charge < -0.3 is 24.4 Å². The predicted octanol–water partition coefficient (Wildman–Crippen LogP) is 5.82. The summed E-state index contributed by atoms with van der Waals surface area (Å²) in [5, 5.41) is 3.59.